The van der Waals surface area contributed by atoms with Crippen molar-refractivity contribution in [1.82, 2.24) is 0 Å². The summed E-state index contributed by atoms with van der Waals surface area (Å²) < 4.78 is 0. The molecule has 0 aromatic carbocycles. The molecule has 0 aliphatic heterocycles. The fraction of sp³-hybridized carbons (Fsp3) is 0.538. The topological polar surface area (TPSA) is 0 Å². The van der Waals surface area contributed by atoms with Crippen LogP contribution in [0, 0.1) is 11.8 Å². The molecule has 0 spiro atoms. The molecule has 0 bridgehead atoms. The third kappa shape index (κ3) is 1.77. The lowest BCUT2D eigenvalue weighted by atomic mass is 9.80. The molecule has 0 radical (unpaired) electrons. The van der Waals surface area contributed by atoms with Gasteiger partial charge in [0.2, 0.25) is 0 Å². The molecule has 70 valence electrons. The maximum absolute atomic E-state index is 2.39. The number of hydrogen-bond donors (Lipinski definition) is 0. The van der Waals surface area contributed by atoms with E-state index in [0.717, 1.165) is 11.8 Å². The minimum atomic E-state index is 0.783. The van der Waals surface area contributed by atoms with Gasteiger partial charge in [-0.05, 0) is 36.7 Å². The van der Waals surface area contributed by atoms with Crippen molar-refractivity contribution in [3.05, 3.63) is 35.5 Å². The molecule has 0 aromatic heterocycles. The third-order valence-corrected chi connectivity index (χ3v) is 3.18. The van der Waals surface area contributed by atoms with Crippen LogP contribution >= 0.6 is 0 Å². The molecule has 2 aliphatic carbocycles. The zero-order valence-corrected chi connectivity index (χ0v) is 8.59. The summed E-state index contributed by atoms with van der Waals surface area (Å²) in [5.74, 6) is 1.57. The second-order valence-corrected chi connectivity index (χ2v) is 4.47. The molecule has 0 aromatic rings. The Hall–Kier alpha value is -0.780. The minimum absolute atomic E-state index is 0.783. The molecular formula is C13H18. The molecule has 2 aliphatic rings. The first kappa shape index (κ1) is 8.80. The van der Waals surface area contributed by atoms with Crippen molar-refractivity contribution in [3.63, 3.8) is 0 Å². The molecule has 1 unspecified atom stereocenters. The first-order valence-corrected chi connectivity index (χ1v) is 5.34. The quantitative estimate of drug-likeness (QED) is 0.566. The van der Waals surface area contributed by atoms with E-state index in [9.17, 15) is 0 Å². The van der Waals surface area contributed by atoms with E-state index in [0.29, 0.717) is 0 Å². The summed E-state index contributed by atoms with van der Waals surface area (Å²) in [5, 5.41) is 0. The number of rotatable bonds is 1. The van der Waals surface area contributed by atoms with Gasteiger partial charge in [0.05, 0.1) is 0 Å². The summed E-state index contributed by atoms with van der Waals surface area (Å²) >= 11 is 0. The molecule has 0 nitrogen and oxygen atoms in total. The van der Waals surface area contributed by atoms with Crippen molar-refractivity contribution < 1.29 is 0 Å². The van der Waals surface area contributed by atoms with Crippen LogP contribution in [-0.4, -0.2) is 0 Å². The Morgan fingerprint density at radius 3 is 2.92 bits per heavy atom. The van der Waals surface area contributed by atoms with Crippen LogP contribution < -0.4 is 0 Å². The Balaban J connectivity index is 2.16. The van der Waals surface area contributed by atoms with Crippen LogP contribution in [0.2, 0.25) is 0 Å². The van der Waals surface area contributed by atoms with Crippen molar-refractivity contribution in [2.75, 3.05) is 0 Å². The Labute approximate surface area is 81.0 Å². The van der Waals surface area contributed by atoms with E-state index in [2.05, 4.69) is 38.2 Å². The second kappa shape index (κ2) is 3.53. The number of allylic oxidation sites excluding steroid dienone is 6. The van der Waals surface area contributed by atoms with Gasteiger partial charge in [-0.3, -0.25) is 0 Å². The van der Waals surface area contributed by atoms with Gasteiger partial charge in [0, 0.05) is 0 Å². The molecule has 1 atom stereocenters. The summed E-state index contributed by atoms with van der Waals surface area (Å²) in [6.45, 7) is 4.64. The van der Waals surface area contributed by atoms with Crippen LogP contribution in [0.15, 0.2) is 35.5 Å². The zero-order chi connectivity index (χ0) is 9.26. The van der Waals surface area contributed by atoms with Crippen LogP contribution in [0.3, 0.4) is 0 Å². The van der Waals surface area contributed by atoms with Gasteiger partial charge in [0.15, 0.2) is 0 Å². The lowest BCUT2D eigenvalue weighted by Crippen LogP contribution is -2.12. The lowest BCUT2D eigenvalue weighted by Gasteiger charge is -2.25. The molecule has 0 saturated heterocycles. The third-order valence-electron chi connectivity index (χ3n) is 3.18. The Morgan fingerprint density at radius 2 is 2.15 bits per heavy atom. The minimum Gasteiger partial charge on any atom is -0.0836 e. The van der Waals surface area contributed by atoms with Crippen LogP contribution in [0.25, 0.3) is 0 Å². The molecule has 0 heterocycles. The van der Waals surface area contributed by atoms with Gasteiger partial charge < -0.3 is 0 Å². The van der Waals surface area contributed by atoms with Gasteiger partial charge in [-0.2, -0.15) is 0 Å². The highest BCUT2D eigenvalue weighted by Crippen LogP contribution is 2.33. The zero-order valence-electron chi connectivity index (χ0n) is 8.59. The largest absolute Gasteiger partial charge is 0.0836 e. The predicted molar refractivity (Wildman–Crippen MR) is 57.5 cm³/mol. The molecule has 0 amide bonds. The molecular weight excluding hydrogens is 156 g/mol. The summed E-state index contributed by atoms with van der Waals surface area (Å²) in [6.07, 6.45) is 13.1. The molecule has 0 N–H and O–H groups in total. The summed E-state index contributed by atoms with van der Waals surface area (Å²) in [7, 11) is 0. The normalized spacial score (nSPS) is 26.8. The monoisotopic (exact) mass is 174 g/mol. The molecule has 0 heteroatoms. The number of hydrogen-bond acceptors (Lipinski definition) is 0. The van der Waals surface area contributed by atoms with Gasteiger partial charge >= 0.3 is 0 Å². The van der Waals surface area contributed by atoms with Crippen molar-refractivity contribution in [1.29, 1.82) is 0 Å². The maximum atomic E-state index is 2.39. The lowest BCUT2D eigenvalue weighted by molar-refractivity contribution is 0.451. The van der Waals surface area contributed by atoms with Crippen LogP contribution in [0.4, 0.5) is 0 Å². The Bertz CT molecular complexity index is 276. The van der Waals surface area contributed by atoms with E-state index in [1.807, 2.05) is 0 Å². The highest BCUT2D eigenvalue weighted by molar-refractivity contribution is 5.41. The van der Waals surface area contributed by atoms with E-state index < -0.39 is 0 Å². The van der Waals surface area contributed by atoms with Crippen LogP contribution in [0.1, 0.15) is 33.1 Å². The molecule has 0 fully saturated rings. The first-order chi connectivity index (χ1) is 6.27. The second-order valence-electron chi connectivity index (χ2n) is 4.47. The standard InChI is InChI=1S/C13H18/c1-10(2)12-8-7-11-5-3-4-6-13(11)9-12/h3,5,7-8,10,12H,4,6,9H2,1-2H3. The SMILES string of the molecule is CC(C)C1C=CC2=C(CCC=C2)C1. The maximum Gasteiger partial charge on any atom is -0.0169 e. The smallest absolute Gasteiger partial charge is 0.0169 e. The van der Waals surface area contributed by atoms with Gasteiger partial charge in [-0.25, -0.2) is 0 Å². The van der Waals surface area contributed by atoms with Crippen molar-refractivity contribution in [2.24, 2.45) is 11.8 Å². The van der Waals surface area contributed by atoms with Crippen LogP contribution in [0.5, 0.6) is 0 Å². The van der Waals surface area contributed by atoms with Gasteiger partial charge in [-0.15, -0.1) is 0 Å². The fourth-order valence-electron chi connectivity index (χ4n) is 2.16. The van der Waals surface area contributed by atoms with E-state index in [1.54, 1.807) is 5.57 Å². The van der Waals surface area contributed by atoms with Gasteiger partial charge in [0.25, 0.3) is 0 Å². The van der Waals surface area contributed by atoms with E-state index in [4.69, 9.17) is 0 Å². The summed E-state index contributed by atoms with van der Waals surface area (Å²) in [6, 6.07) is 0. The Kier molecular flexibility index (Phi) is 2.39. The average Bonchev–Trinajstić information content (AvgIpc) is 2.17. The summed E-state index contributed by atoms with van der Waals surface area (Å²) in [4.78, 5) is 0. The average molecular weight is 174 g/mol. The van der Waals surface area contributed by atoms with Crippen molar-refractivity contribution in [3.8, 4) is 0 Å². The molecule has 13 heavy (non-hydrogen) atoms. The van der Waals surface area contributed by atoms with E-state index >= 15 is 0 Å². The highest BCUT2D eigenvalue weighted by Gasteiger charge is 2.18. The van der Waals surface area contributed by atoms with Crippen molar-refractivity contribution in [2.45, 2.75) is 33.1 Å². The van der Waals surface area contributed by atoms with Crippen LogP contribution in [-0.2, 0) is 0 Å². The van der Waals surface area contributed by atoms with Gasteiger partial charge in [0.1, 0.15) is 0 Å². The molecule has 0 saturated carbocycles. The van der Waals surface area contributed by atoms with Crippen molar-refractivity contribution >= 4 is 0 Å². The Morgan fingerprint density at radius 1 is 1.31 bits per heavy atom. The predicted octanol–water partition coefficient (Wildman–Crippen LogP) is 3.87. The summed E-state index contributed by atoms with van der Waals surface area (Å²) in [5.41, 5.74) is 3.17. The van der Waals surface area contributed by atoms with E-state index in [1.165, 1.54) is 24.8 Å². The fourth-order valence-corrected chi connectivity index (χ4v) is 2.16. The highest BCUT2D eigenvalue weighted by atomic mass is 14.2. The van der Waals surface area contributed by atoms with Gasteiger partial charge in [-0.1, -0.05) is 43.7 Å². The first-order valence-electron chi connectivity index (χ1n) is 5.34. The molecule has 2 rings (SSSR count). The van der Waals surface area contributed by atoms with E-state index in [-0.39, 0.29) is 0 Å².